The molecule has 102 valence electrons. The first kappa shape index (κ1) is 13.4. The van der Waals surface area contributed by atoms with Gasteiger partial charge >= 0.3 is 5.97 Å². The fraction of sp³-hybridized carbons (Fsp3) is 0.385. The summed E-state index contributed by atoms with van der Waals surface area (Å²) in [4.78, 5) is 24.8. The number of fused-ring (bicyclic) bond motifs is 1. The second kappa shape index (κ2) is 5.71. The highest BCUT2D eigenvalue weighted by atomic mass is 16.5. The van der Waals surface area contributed by atoms with Gasteiger partial charge in [-0.05, 0) is 24.6 Å². The molecule has 0 fully saturated rings. The fourth-order valence-electron chi connectivity index (χ4n) is 1.93. The maximum atomic E-state index is 11.6. The lowest BCUT2D eigenvalue weighted by Gasteiger charge is -2.29. The zero-order valence-electron chi connectivity index (χ0n) is 10.7. The van der Waals surface area contributed by atoms with Crippen molar-refractivity contribution in [3.05, 3.63) is 23.8 Å². The predicted octanol–water partition coefficient (Wildman–Crippen LogP) is -0.171. The molecule has 6 heteroatoms. The second-order valence-corrected chi connectivity index (χ2v) is 4.37. The third-order valence-electron chi connectivity index (χ3n) is 2.77. The Morgan fingerprint density at radius 2 is 2.32 bits per heavy atom. The summed E-state index contributed by atoms with van der Waals surface area (Å²) < 4.78 is 5.15. The van der Waals surface area contributed by atoms with Crippen LogP contribution < -0.4 is 15.0 Å². The normalized spacial score (nSPS) is 13.8. The largest absolute Gasteiger partial charge is 0.423 e. The molecule has 2 rings (SSSR count). The van der Waals surface area contributed by atoms with Gasteiger partial charge in [0.15, 0.2) is 5.75 Å². The average molecular weight is 264 g/mol. The number of carbonyl (C=O) groups is 2. The summed E-state index contributed by atoms with van der Waals surface area (Å²) in [6.07, 6.45) is 0. The maximum Gasteiger partial charge on any atom is 0.331 e. The summed E-state index contributed by atoms with van der Waals surface area (Å²) in [6, 6.07) is 5.50. The zero-order valence-corrected chi connectivity index (χ0v) is 10.7. The molecule has 0 unspecified atom stereocenters. The van der Waals surface area contributed by atoms with E-state index in [-0.39, 0.29) is 38.1 Å². The van der Waals surface area contributed by atoms with Crippen molar-refractivity contribution < 1.29 is 19.4 Å². The van der Waals surface area contributed by atoms with E-state index in [4.69, 9.17) is 9.84 Å². The fourth-order valence-corrected chi connectivity index (χ4v) is 1.93. The third-order valence-corrected chi connectivity index (χ3v) is 2.77. The number of hydrogen-bond acceptors (Lipinski definition) is 5. The molecular weight excluding hydrogens is 248 g/mol. The van der Waals surface area contributed by atoms with Crippen molar-refractivity contribution in [3.63, 3.8) is 0 Å². The van der Waals surface area contributed by atoms with E-state index in [0.717, 1.165) is 11.3 Å². The van der Waals surface area contributed by atoms with Crippen molar-refractivity contribution in [2.24, 2.45) is 0 Å². The lowest BCUT2D eigenvalue weighted by atomic mass is 10.1. The van der Waals surface area contributed by atoms with Crippen LogP contribution in [0.1, 0.15) is 5.56 Å². The minimum atomic E-state index is -0.381. The number of ether oxygens (including phenoxy) is 1. The quantitative estimate of drug-likeness (QED) is 0.583. The van der Waals surface area contributed by atoms with Crippen molar-refractivity contribution in [2.75, 3.05) is 31.1 Å². The van der Waals surface area contributed by atoms with Crippen molar-refractivity contribution in [1.82, 2.24) is 5.32 Å². The van der Waals surface area contributed by atoms with Crippen molar-refractivity contribution in [1.29, 1.82) is 0 Å². The summed E-state index contributed by atoms with van der Waals surface area (Å²) in [6.45, 7) is 2.11. The number of amides is 1. The van der Waals surface area contributed by atoms with Crippen LogP contribution in [-0.4, -0.2) is 43.2 Å². The number of esters is 1. The van der Waals surface area contributed by atoms with Gasteiger partial charge in [0.05, 0.1) is 18.8 Å². The van der Waals surface area contributed by atoms with Crippen molar-refractivity contribution in [3.8, 4) is 5.75 Å². The molecule has 1 aromatic rings. The minimum absolute atomic E-state index is 0.0443. The first-order valence-electron chi connectivity index (χ1n) is 6.04. The summed E-state index contributed by atoms with van der Waals surface area (Å²) in [7, 11) is 0. The van der Waals surface area contributed by atoms with E-state index in [2.05, 4.69) is 5.32 Å². The number of aliphatic hydroxyl groups is 1. The van der Waals surface area contributed by atoms with Crippen LogP contribution in [0.15, 0.2) is 18.2 Å². The lowest BCUT2D eigenvalue weighted by Crippen LogP contribution is -2.43. The highest BCUT2D eigenvalue weighted by Gasteiger charge is 2.25. The number of nitrogens with zero attached hydrogens (tertiary/aromatic N) is 1. The molecule has 19 heavy (non-hydrogen) atoms. The van der Waals surface area contributed by atoms with E-state index in [1.807, 2.05) is 19.1 Å². The van der Waals surface area contributed by atoms with Crippen LogP contribution in [0.4, 0.5) is 5.69 Å². The predicted molar refractivity (Wildman–Crippen MR) is 69.1 cm³/mol. The van der Waals surface area contributed by atoms with E-state index in [1.54, 1.807) is 11.0 Å². The molecule has 6 nitrogen and oxygen atoms in total. The van der Waals surface area contributed by atoms with Gasteiger partial charge in [0, 0.05) is 6.54 Å². The Kier molecular flexibility index (Phi) is 4.01. The first-order chi connectivity index (χ1) is 9.10. The number of aliphatic hydroxyl groups excluding tert-OH is 1. The average Bonchev–Trinajstić information content (AvgIpc) is 2.35. The molecule has 0 saturated carbocycles. The maximum absolute atomic E-state index is 11.6. The Hall–Kier alpha value is -2.08. The number of rotatable bonds is 4. The standard InChI is InChI=1S/C13H16N2O4/c1-9-2-3-10-11(6-9)19-13(18)8-15(10)7-12(17)14-4-5-16/h2-3,6,16H,4-5,7-8H2,1H3,(H,14,17). The number of aryl methyl sites for hydroxylation is 1. The van der Waals surface area contributed by atoms with Gasteiger partial charge < -0.3 is 20.1 Å². The number of anilines is 1. The Morgan fingerprint density at radius 3 is 3.05 bits per heavy atom. The van der Waals surface area contributed by atoms with Crippen molar-refractivity contribution in [2.45, 2.75) is 6.92 Å². The highest BCUT2D eigenvalue weighted by Crippen LogP contribution is 2.32. The van der Waals surface area contributed by atoms with Crippen LogP contribution >= 0.6 is 0 Å². The van der Waals surface area contributed by atoms with Crippen LogP contribution in [0.2, 0.25) is 0 Å². The molecule has 0 atom stereocenters. The van der Waals surface area contributed by atoms with E-state index < -0.39 is 0 Å². The minimum Gasteiger partial charge on any atom is -0.423 e. The number of benzene rings is 1. The molecule has 1 aliphatic rings. The van der Waals surface area contributed by atoms with Crippen LogP contribution in [-0.2, 0) is 9.59 Å². The molecule has 1 amide bonds. The summed E-state index contributed by atoms with van der Waals surface area (Å²) in [5, 5.41) is 11.2. The summed E-state index contributed by atoms with van der Waals surface area (Å²) in [5.41, 5.74) is 1.71. The van der Waals surface area contributed by atoms with Gasteiger partial charge in [-0.1, -0.05) is 6.07 Å². The molecule has 0 bridgehead atoms. The lowest BCUT2D eigenvalue weighted by molar-refractivity contribution is -0.133. The van der Waals surface area contributed by atoms with Crippen LogP contribution in [0.5, 0.6) is 5.75 Å². The SMILES string of the molecule is Cc1ccc2c(c1)OC(=O)CN2CC(=O)NCCO. The third kappa shape index (κ3) is 3.23. The molecule has 1 aliphatic heterocycles. The molecule has 1 heterocycles. The molecule has 0 radical (unpaired) electrons. The van der Waals surface area contributed by atoms with Gasteiger partial charge in [-0.25, -0.2) is 4.79 Å². The number of nitrogens with one attached hydrogen (secondary N) is 1. The van der Waals surface area contributed by atoms with Gasteiger partial charge in [0.25, 0.3) is 0 Å². The molecule has 0 aliphatic carbocycles. The van der Waals surface area contributed by atoms with Crippen LogP contribution in [0.3, 0.4) is 0 Å². The Labute approximate surface area is 111 Å². The molecule has 2 N–H and O–H groups in total. The van der Waals surface area contributed by atoms with E-state index in [0.29, 0.717) is 5.75 Å². The van der Waals surface area contributed by atoms with E-state index in [9.17, 15) is 9.59 Å². The monoisotopic (exact) mass is 264 g/mol. The number of hydrogen-bond donors (Lipinski definition) is 2. The molecular formula is C13H16N2O4. The molecule has 0 spiro atoms. The highest BCUT2D eigenvalue weighted by molar-refractivity contribution is 5.89. The first-order valence-corrected chi connectivity index (χ1v) is 6.04. The van der Waals surface area contributed by atoms with Gasteiger partial charge in [-0.3, -0.25) is 4.79 Å². The topological polar surface area (TPSA) is 78.9 Å². The van der Waals surface area contributed by atoms with Crippen LogP contribution in [0.25, 0.3) is 0 Å². The zero-order chi connectivity index (χ0) is 13.8. The molecule has 0 aromatic heterocycles. The van der Waals surface area contributed by atoms with Gasteiger partial charge in [0.1, 0.15) is 6.54 Å². The Balaban J connectivity index is 2.14. The van der Waals surface area contributed by atoms with Gasteiger partial charge in [-0.2, -0.15) is 0 Å². The van der Waals surface area contributed by atoms with E-state index in [1.165, 1.54) is 0 Å². The molecule has 1 aromatic carbocycles. The Bertz CT molecular complexity index is 501. The number of carbonyl (C=O) groups excluding carboxylic acids is 2. The summed E-state index contributed by atoms with van der Waals surface area (Å²) >= 11 is 0. The van der Waals surface area contributed by atoms with E-state index >= 15 is 0 Å². The van der Waals surface area contributed by atoms with Gasteiger partial charge in [-0.15, -0.1) is 0 Å². The van der Waals surface area contributed by atoms with Gasteiger partial charge in [0.2, 0.25) is 5.91 Å². The molecule has 0 saturated heterocycles. The Morgan fingerprint density at radius 1 is 1.53 bits per heavy atom. The summed E-state index contributed by atoms with van der Waals surface area (Å²) in [5.74, 6) is -0.144. The van der Waals surface area contributed by atoms with Crippen LogP contribution in [0, 0.1) is 6.92 Å². The second-order valence-electron chi connectivity index (χ2n) is 4.37. The smallest absolute Gasteiger partial charge is 0.331 e. The van der Waals surface area contributed by atoms with Crippen molar-refractivity contribution >= 4 is 17.6 Å².